The van der Waals surface area contributed by atoms with Crippen molar-refractivity contribution >= 4 is 50.2 Å². The molecule has 1 heterocycles. The third-order valence-corrected chi connectivity index (χ3v) is 4.13. The number of nitrogens with zero attached hydrogens (tertiary/aromatic N) is 2. The molecule has 0 aliphatic rings. The molecule has 20 heavy (non-hydrogen) atoms. The van der Waals surface area contributed by atoms with Crippen LogP contribution in [-0.2, 0) is 13.1 Å². The number of hydrogen-bond donors (Lipinski definition) is 0. The van der Waals surface area contributed by atoms with Gasteiger partial charge in [0.1, 0.15) is 0 Å². The summed E-state index contributed by atoms with van der Waals surface area (Å²) in [5.74, 6) is 7.30. The van der Waals surface area contributed by atoms with Crippen molar-refractivity contribution < 1.29 is 21.5 Å². The smallest absolute Gasteiger partial charge is 0.255 e. The summed E-state index contributed by atoms with van der Waals surface area (Å²) >= 11 is 15.5. The molecular formula is C14H14Br2Cl2N2. The van der Waals surface area contributed by atoms with Crippen LogP contribution in [0.1, 0.15) is 12.7 Å². The van der Waals surface area contributed by atoms with E-state index in [-0.39, 0.29) is 17.0 Å². The van der Waals surface area contributed by atoms with Crippen LogP contribution in [0, 0.1) is 18.8 Å². The van der Waals surface area contributed by atoms with E-state index in [1.54, 1.807) is 0 Å². The Labute approximate surface area is 148 Å². The van der Waals surface area contributed by atoms with Crippen LogP contribution in [0.4, 0.5) is 0 Å². The van der Waals surface area contributed by atoms with Crippen LogP contribution in [0.15, 0.2) is 12.1 Å². The van der Waals surface area contributed by atoms with Gasteiger partial charge in [-0.1, -0.05) is 51.0 Å². The molecule has 0 aliphatic carbocycles. The fourth-order valence-corrected chi connectivity index (χ4v) is 2.75. The Morgan fingerprint density at radius 3 is 2.50 bits per heavy atom. The Bertz CT molecular complexity index is 684. The zero-order valence-corrected chi connectivity index (χ0v) is 15.9. The van der Waals surface area contributed by atoms with Gasteiger partial charge in [0, 0.05) is 19.1 Å². The SMILES string of the molecule is CC[n+]1c(C)n(CC#CCBr)c2cc(Cl)c(Cl)cc21.[Br-]. The number of halogens is 4. The monoisotopic (exact) mass is 438 g/mol. The van der Waals surface area contributed by atoms with E-state index in [0.29, 0.717) is 21.9 Å². The average Bonchev–Trinajstić information content (AvgIpc) is 2.63. The molecule has 0 saturated heterocycles. The van der Waals surface area contributed by atoms with Gasteiger partial charge in [0.05, 0.1) is 21.9 Å². The summed E-state index contributed by atoms with van der Waals surface area (Å²) in [5.41, 5.74) is 2.16. The highest BCUT2D eigenvalue weighted by Gasteiger charge is 2.21. The van der Waals surface area contributed by atoms with E-state index in [1.165, 1.54) is 0 Å². The summed E-state index contributed by atoms with van der Waals surface area (Å²) in [7, 11) is 0. The minimum absolute atomic E-state index is 0. The van der Waals surface area contributed by atoms with Crippen LogP contribution in [-0.4, -0.2) is 9.90 Å². The first-order valence-corrected chi connectivity index (χ1v) is 7.87. The Morgan fingerprint density at radius 1 is 1.25 bits per heavy atom. The normalized spacial score (nSPS) is 10.1. The molecule has 1 aromatic carbocycles. The van der Waals surface area contributed by atoms with E-state index < -0.39 is 0 Å². The van der Waals surface area contributed by atoms with Crippen molar-refractivity contribution in [3.05, 3.63) is 28.0 Å². The van der Waals surface area contributed by atoms with Gasteiger partial charge in [-0.05, 0) is 6.92 Å². The first-order chi connectivity index (χ1) is 9.10. The van der Waals surface area contributed by atoms with Crippen LogP contribution >= 0.6 is 39.1 Å². The van der Waals surface area contributed by atoms with Crippen molar-refractivity contribution in [2.24, 2.45) is 0 Å². The number of hydrogen-bond acceptors (Lipinski definition) is 0. The lowest BCUT2D eigenvalue weighted by atomic mass is 10.3. The predicted octanol–water partition coefficient (Wildman–Crippen LogP) is 0.966. The highest BCUT2D eigenvalue weighted by molar-refractivity contribution is 9.09. The minimum Gasteiger partial charge on any atom is -1.00 e. The summed E-state index contributed by atoms with van der Waals surface area (Å²) < 4.78 is 4.38. The van der Waals surface area contributed by atoms with Gasteiger partial charge in [-0.15, -0.1) is 0 Å². The molecule has 6 heteroatoms. The van der Waals surface area contributed by atoms with Crippen LogP contribution in [0.5, 0.6) is 0 Å². The van der Waals surface area contributed by atoms with Gasteiger partial charge in [0.2, 0.25) is 0 Å². The Balaban J connectivity index is 0.00000200. The zero-order chi connectivity index (χ0) is 14.0. The minimum atomic E-state index is 0. The largest absolute Gasteiger partial charge is 1.00 e. The van der Waals surface area contributed by atoms with Crippen LogP contribution in [0.3, 0.4) is 0 Å². The fraction of sp³-hybridized carbons (Fsp3) is 0.357. The van der Waals surface area contributed by atoms with Crippen molar-refractivity contribution in [3.8, 4) is 11.8 Å². The topological polar surface area (TPSA) is 8.81 Å². The molecule has 2 nitrogen and oxygen atoms in total. The molecule has 0 aliphatic heterocycles. The van der Waals surface area contributed by atoms with E-state index in [0.717, 1.165) is 23.4 Å². The van der Waals surface area contributed by atoms with E-state index in [9.17, 15) is 0 Å². The van der Waals surface area contributed by atoms with Crippen LogP contribution in [0.25, 0.3) is 11.0 Å². The number of rotatable bonds is 2. The highest BCUT2D eigenvalue weighted by atomic mass is 79.9. The highest BCUT2D eigenvalue weighted by Crippen LogP contribution is 2.27. The second-order valence-electron chi connectivity index (χ2n) is 4.12. The molecule has 2 aromatic rings. The van der Waals surface area contributed by atoms with Gasteiger partial charge in [-0.3, -0.25) is 0 Å². The molecule has 0 N–H and O–H groups in total. The predicted molar refractivity (Wildman–Crippen MR) is 84.1 cm³/mol. The fourth-order valence-electron chi connectivity index (χ4n) is 2.23. The van der Waals surface area contributed by atoms with Crippen molar-refractivity contribution in [2.75, 3.05) is 5.33 Å². The summed E-state index contributed by atoms with van der Waals surface area (Å²) in [6, 6.07) is 3.83. The Morgan fingerprint density at radius 2 is 1.90 bits per heavy atom. The van der Waals surface area contributed by atoms with Gasteiger partial charge in [-0.25, -0.2) is 9.13 Å². The van der Waals surface area contributed by atoms with Crippen molar-refractivity contribution in [1.29, 1.82) is 0 Å². The third-order valence-electron chi connectivity index (χ3n) is 3.13. The second kappa shape index (κ2) is 7.70. The number of imidazole rings is 1. The number of aryl methyl sites for hydroxylation is 1. The number of fused-ring (bicyclic) bond motifs is 1. The maximum absolute atomic E-state index is 6.13. The van der Waals surface area contributed by atoms with Gasteiger partial charge < -0.3 is 17.0 Å². The van der Waals surface area contributed by atoms with E-state index in [4.69, 9.17) is 23.2 Å². The second-order valence-corrected chi connectivity index (χ2v) is 5.49. The first kappa shape index (κ1) is 17.8. The van der Waals surface area contributed by atoms with Crippen molar-refractivity contribution in [3.63, 3.8) is 0 Å². The van der Waals surface area contributed by atoms with Gasteiger partial charge in [-0.2, -0.15) is 0 Å². The number of aromatic nitrogens is 2. The molecule has 0 saturated carbocycles. The summed E-state index contributed by atoms with van der Waals surface area (Å²) in [6.45, 7) is 5.74. The molecule has 108 valence electrons. The zero-order valence-electron chi connectivity index (χ0n) is 11.2. The molecule has 1 aromatic heterocycles. The van der Waals surface area contributed by atoms with Gasteiger partial charge >= 0.3 is 0 Å². The van der Waals surface area contributed by atoms with E-state index >= 15 is 0 Å². The molecule has 0 atom stereocenters. The number of benzene rings is 1. The molecule has 2 rings (SSSR count). The molecule has 0 amide bonds. The maximum Gasteiger partial charge on any atom is 0.255 e. The van der Waals surface area contributed by atoms with Crippen molar-refractivity contribution in [1.82, 2.24) is 4.57 Å². The van der Waals surface area contributed by atoms with E-state index in [1.807, 2.05) is 12.1 Å². The Kier molecular flexibility index (Phi) is 6.87. The van der Waals surface area contributed by atoms with Gasteiger partial charge in [0.25, 0.3) is 5.82 Å². The Hall–Kier alpha value is -0.210. The molecule has 0 spiro atoms. The summed E-state index contributed by atoms with van der Waals surface area (Å²) in [6.07, 6.45) is 0. The standard InChI is InChI=1S/C14H14BrCl2N2.BrH/c1-3-18-10(2)19(7-5-4-6-15)14-9-12(17)11(16)8-13(14)18;/h8-9H,3,6-7H2,1-2H3;1H/q+1;/p-1. The lowest BCUT2D eigenvalue weighted by Gasteiger charge is -1.95. The molecule has 0 fully saturated rings. The summed E-state index contributed by atoms with van der Waals surface area (Å²) in [5, 5.41) is 1.84. The van der Waals surface area contributed by atoms with Crippen LogP contribution < -0.4 is 21.5 Å². The average molecular weight is 441 g/mol. The molecular weight excluding hydrogens is 427 g/mol. The lowest BCUT2D eigenvalue weighted by molar-refractivity contribution is -0.674. The maximum atomic E-state index is 6.13. The first-order valence-electron chi connectivity index (χ1n) is 5.99. The van der Waals surface area contributed by atoms with E-state index in [2.05, 4.69) is 50.8 Å². The molecule has 0 bridgehead atoms. The number of alkyl halides is 1. The molecule has 0 unspecified atom stereocenters. The van der Waals surface area contributed by atoms with Gasteiger partial charge in [0.15, 0.2) is 17.6 Å². The third kappa shape index (κ3) is 3.33. The van der Waals surface area contributed by atoms with Crippen molar-refractivity contribution in [2.45, 2.75) is 26.9 Å². The lowest BCUT2D eigenvalue weighted by Crippen LogP contribution is -3.00. The molecule has 0 radical (unpaired) electrons. The van der Waals surface area contributed by atoms with Crippen LogP contribution in [0.2, 0.25) is 10.0 Å². The quantitative estimate of drug-likeness (QED) is 0.374. The summed E-state index contributed by atoms with van der Waals surface area (Å²) in [4.78, 5) is 0.